The minimum atomic E-state index is -0.774. The van der Waals surface area contributed by atoms with Gasteiger partial charge in [-0.1, -0.05) is 268 Å². The van der Waals surface area contributed by atoms with Crippen molar-refractivity contribution in [2.24, 2.45) is 0 Å². The largest absolute Gasteiger partial charge is 0.462 e. The molecule has 0 aliphatic carbocycles. The molecule has 1 atom stereocenters. The Hall–Kier alpha value is -2.89. The van der Waals surface area contributed by atoms with Crippen LogP contribution in [0.15, 0.2) is 60.8 Å². The summed E-state index contributed by atoms with van der Waals surface area (Å²) in [6.07, 6.45) is 69.4. The van der Waals surface area contributed by atoms with E-state index in [2.05, 4.69) is 81.5 Å². The summed E-state index contributed by atoms with van der Waals surface area (Å²) in [7, 11) is 0. The van der Waals surface area contributed by atoms with E-state index < -0.39 is 6.10 Å². The second kappa shape index (κ2) is 55.7. The van der Waals surface area contributed by atoms with Crippen LogP contribution in [-0.2, 0) is 28.6 Å². The predicted octanol–water partition coefficient (Wildman–Crippen LogP) is 19.2. The van der Waals surface area contributed by atoms with E-state index in [0.717, 1.165) is 96.3 Å². The van der Waals surface area contributed by atoms with E-state index in [-0.39, 0.29) is 31.1 Å². The summed E-state index contributed by atoms with van der Waals surface area (Å²) in [5.74, 6) is -0.877. The molecule has 0 saturated carbocycles. The summed E-state index contributed by atoms with van der Waals surface area (Å²) >= 11 is 0. The third-order valence-electron chi connectivity index (χ3n) is 12.5. The van der Waals surface area contributed by atoms with Gasteiger partial charge in [0.05, 0.1) is 0 Å². The fourth-order valence-corrected chi connectivity index (χ4v) is 8.24. The van der Waals surface area contributed by atoms with Crippen LogP contribution in [0.25, 0.3) is 0 Å². The summed E-state index contributed by atoms with van der Waals surface area (Å²) in [6.45, 7) is 6.52. The minimum absolute atomic E-state index is 0.0743. The lowest BCUT2D eigenvalue weighted by molar-refractivity contribution is -0.167. The average Bonchev–Trinajstić information content (AvgIpc) is 3.33. The highest BCUT2D eigenvalue weighted by Gasteiger charge is 2.19. The van der Waals surface area contributed by atoms with Gasteiger partial charge >= 0.3 is 17.9 Å². The minimum Gasteiger partial charge on any atom is -0.462 e. The molecule has 0 aromatic heterocycles. The van der Waals surface area contributed by atoms with Crippen LogP contribution in [0.2, 0.25) is 0 Å². The quantitative estimate of drug-likeness (QED) is 0.0262. The average molecular weight is 938 g/mol. The van der Waals surface area contributed by atoms with Crippen LogP contribution in [0.3, 0.4) is 0 Å². The molecule has 0 fully saturated rings. The smallest absolute Gasteiger partial charge is 0.306 e. The van der Waals surface area contributed by atoms with E-state index in [0.29, 0.717) is 19.3 Å². The van der Waals surface area contributed by atoms with Crippen molar-refractivity contribution >= 4 is 17.9 Å². The molecule has 0 radical (unpaired) electrons. The van der Waals surface area contributed by atoms with Crippen LogP contribution in [0, 0.1) is 0 Å². The molecule has 1 unspecified atom stereocenters. The first-order valence-corrected chi connectivity index (χ1v) is 28.8. The van der Waals surface area contributed by atoms with E-state index in [1.54, 1.807) is 0 Å². The molecule has 0 aliphatic heterocycles. The first-order valence-electron chi connectivity index (χ1n) is 28.8. The monoisotopic (exact) mass is 937 g/mol. The molecule has 6 nitrogen and oxygen atoms in total. The van der Waals surface area contributed by atoms with Crippen LogP contribution < -0.4 is 0 Å². The normalized spacial score (nSPS) is 12.5. The number of unbranched alkanes of at least 4 members (excludes halogenated alkanes) is 31. The fourth-order valence-electron chi connectivity index (χ4n) is 8.24. The maximum absolute atomic E-state index is 12.8. The zero-order chi connectivity index (χ0) is 48.6. The third-order valence-corrected chi connectivity index (χ3v) is 12.5. The number of rotatable bonds is 52. The zero-order valence-electron chi connectivity index (χ0n) is 44.4. The molecule has 0 rings (SSSR count). The highest BCUT2D eigenvalue weighted by molar-refractivity contribution is 5.71. The van der Waals surface area contributed by atoms with Crippen LogP contribution in [0.1, 0.15) is 290 Å². The van der Waals surface area contributed by atoms with Crippen molar-refractivity contribution < 1.29 is 28.6 Å². The van der Waals surface area contributed by atoms with Gasteiger partial charge < -0.3 is 14.2 Å². The van der Waals surface area contributed by atoms with E-state index in [1.165, 1.54) is 154 Å². The van der Waals surface area contributed by atoms with Gasteiger partial charge in [-0.05, 0) is 64.2 Å². The summed E-state index contributed by atoms with van der Waals surface area (Å²) in [6, 6.07) is 0. The van der Waals surface area contributed by atoms with Crippen molar-refractivity contribution in [1.82, 2.24) is 0 Å². The Balaban J connectivity index is 4.23. The predicted molar refractivity (Wildman–Crippen MR) is 288 cm³/mol. The van der Waals surface area contributed by atoms with Crippen molar-refractivity contribution in [3.8, 4) is 0 Å². The highest BCUT2D eigenvalue weighted by atomic mass is 16.6. The lowest BCUT2D eigenvalue weighted by Crippen LogP contribution is -2.30. The van der Waals surface area contributed by atoms with Gasteiger partial charge in [0.25, 0.3) is 0 Å². The maximum atomic E-state index is 12.8. The molecule has 0 bridgehead atoms. The molecule has 0 aromatic carbocycles. The number of carbonyl (C=O) groups is 3. The molecular formula is C61H108O6. The van der Waals surface area contributed by atoms with Crippen molar-refractivity contribution in [2.45, 2.75) is 297 Å². The Morgan fingerprint density at radius 2 is 0.582 bits per heavy atom. The third kappa shape index (κ3) is 53.9. The lowest BCUT2D eigenvalue weighted by atomic mass is 10.0. The summed E-state index contributed by atoms with van der Waals surface area (Å²) in [5, 5.41) is 0. The van der Waals surface area contributed by atoms with Crippen molar-refractivity contribution in [1.29, 1.82) is 0 Å². The van der Waals surface area contributed by atoms with Gasteiger partial charge in [0, 0.05) is 19.3 Å². The van der Waals surface area contributed by atoms with E-state index in [9.17, 15) is 14.4 Å². The molecule has 0 amide bonds. The molecule has 388 valence electrons. The Morgan fingerprint density at radius 1 is 0.313 bits per heavy atom. The van der Waals surface area contributed by atoms with Crippen molar-refractivity contribution in [2.75, 3.05) is 13.2 Å². The van der Waals surface area contributed by atoms with E-state index in [4.69, 9.17) is 14.2 Å². The molecule has 0 N–H and O–H groups in total. The van der Waals surface area contributed by atoms with Gasteiger partial charge in [-0.25, -0.2) is 0 Å². The zero-order valence-corrected chi connectivity index (χ0v) is 44.4. The molecule has 0 aliphatic rings. The first kappa shape index (κ1) is 64.1. The molecule has 67 heavy (non-hydrogen) atoms. The van der Waals surface area contributed by atoms with Crippen LogP contribution in [-0.4, -0.2) is 37.2 Å². The molecule has 0 aromatic rings. The van der Waals surface area contributed by atoms with E-state index in [1.807, 2.05) is 0 Å². The SMILES string of the molecule is CC/C=C\C/C=C\C/C=C\C/C=C\C/C=C\CCCCCCCCCC(=O)OCC(COC(=O)CCCCCCCCCC)OC(=O)CCCCCCCCCCCCCCCCCCCC. The maximum Gasteiger partial charge on any atom is 0.306 e. The second-order valence-corrected chi connectivity index (χ2v) is 19.2. The van der Waals surface area contributed by atoms with Gasteiger partial charge in [-0.3, -0.25) is 14.4 Å². The van der Waals surface area contributed by atoms with Gasteiger partial charge in [0.1, 0.15) is 13.2 Å². The summed E-state index contributed by atoms with van der Waals surface area (Å²) in [5.41, 5.74) is 0. The van der Waals surface area contributed by atoms with Crippen LogP contribution in [0.4, 0.5) is 0 Å². The number of hydrogen-bond acceptors (Lipinski definition) is 6. The Labute approximate surface area is 415 Å². The van der Waals surface area contributed by atoms with Gasteiger partial charge in [0.2, 0.25) is 0 Å². The number of esters is 3. The topological polar surface area (TPSA) is 78.9 Å². The van der Waals surface area contributed by atoms with Crippen molar-refractivity contribution in [3.63, 3.8) is 0 Å². The van der Waals surface area contributed by atoms with Crippen LogP contribution in [0.5, 0.6) is 0 Å². The van der Waals surface area contributed by atoms with Gasteiger partial charge in [0.15, 0.2) is 6.10 Å². The standard InChI is InChI=1S/C61H108O6/c1-4-7-10-13-16-19-21-23-25-27-29-30-31-32-33-35-36-38-40-42-45-48-51-54-60(63)66-57-58(56-65-59(62)53-50-47-44-18-15-12-9-6-3)67-61(64)55-52-49-46-43-41-39-37-34-28-26-24-22-20-17-14-11-8-5-2/h7,10,16,19,23,25,29-30,32-33,58H,4-6,8-9,11-15,17-18,20-22,24,26-28,31,34-57H2,1-3H3/b10-7-,19-16-,25-23-,30-29-,33-32-. The van der Waals surface area contributed by atoms with Gasteiger partial charge in [-0.15, -0.1) is 0 Å². The number of allylic oxidation sites excluding steroid dienone is 10. The van der Waals surface area contributed by atoms with E-state index >= 15 is 0 Å². The highest BCUT2D eigenvalue weighted by Crippen LogP contribution is 2.16. The molecule has 6 heteroatoms. The van der Waals surface area contributed by atoms with Crippen LogP contribution >= 0.6 is 0 Å². The van der Waals surface area contributed by atoms with Gasteiger partial charge in [-0.2, -0.15) is 0 Å². The number of ether oxygens (including phenoxy) is 3. The fraction of sp³-hybridized carbons (Fsp3) is 0.787. The number of carbonyl (C=O) groups excluding carboxylic acids is 3. The lowest BCUT2D eigenvalue weighted by Gasteiger charge is -2.18. The van der Waals surface area contributed by atoms with Crippen molar-refractivity contribution in [3.05, 3.63) is 60.8 Å². The second-order valence-electron chi connectivity index (χ2n) is 19.2. The Bertz CT molecular complexity index is 1210. The molecule has 0 heterocycles. The first-order chi connectivity index (χ1) is 33.0. The molecule has 0 spiro atoms. The molecular weight excluding hydrogens is 829 g/mol. The number of hydrogen-bond donors (Lipinski definition) is 0. The Morgan fingerprint density at radius 3 is 0.910 bits per heavy atom. The Kier molecular flexibility index (Phi) is 53.3. The summed E-state index contributed by atoms with van der Waals surface area (Å²) < 4.78 is 16.8. The molecule has 0 saturated heterocycles. The summed E-state index contributed by atoms with van der Waals surface area (Å²) in [4.78, 5) is 38.0.